The smallest absolute Gasteiger partial charge is 0.334 e. The lowest BCUT2D eigenvalue weighted by Crippen LogP contribution is -2.48. The van der Waals surface area contributed by atoms with Gasteiger partial charge in [-0.15, -0.1) is 0 Å². The summed E-state index contributed by atoms with van der Waals surface area (Å²) in [6, 6.07) is 1.88. The second-order valence-electron chi connectivity index (χ2n) is 8.68. The third-order valence-corrected chi connectivity index (χ3v) is 5.32. The van der Waals surface area contributed by atoms with Crippen molar-refractivity contribution in [2.75, 3.05) is 19.7 Å². The summed E-state index contributed by atoms with van der Waals surface area (Å²) in [5, 5.41) is 14.7. The minimum absolute atomic E-state index is 0.0448. The number of carboxylic acid groups (broad SMARTS) is 1. The van der Waals surface area contributed by atoms with E-state index in [1.54, 1.807) is 4.90 Å². The number of carboxylic acids is 1. The second-order valence-corrected chi connectivity index (χ2v) is 8.68. The molecule has 2 fully saturated rings. The van der Waals surface area contributed by atoms with Gasteiger partial charge in [-0.1, -0.05) is 0 Å². The molecule has 1 saturated carbocycles. The standard InChI is InChI=1S/C20H26N4O4/c1-11-16-13(18(25)23-7-8-28-15(10-23)19(26)27)9-14(12-5-6-12)21-17(16)24(22-11)20(2,3)4/h9,12,15H,5-8,10H2,1-4H3,(H,26,27). The number of pyridine rings is 1. The first-order valence-electron chi connectivity index (χ1n) is 9.71. The maximum Gasteiger partial charge on any atom is 0.334 e. The molecular weight excluding hydrogens is 360 g/mol. The van der Waals surface area contributed by atoms with Crippen molar-refractivity contribution in [3.8, 4) is 0 Å². The Kier molecular flexibility index (Phi) is 4.41. The fourth-order valence-electron chi connectivity index (χ4n) is 3.69. The van der Waals surface area contributed by atoms with Gasteiger partial charge in [0, 0.05) is 18.2 Å². The van der Waals surface area contributed by atoms with Gasteiger partial charge in [-0.3, -0.25) is 4.79 Å². The number of aromatic nitrogens is 3. The number of ether oxygens (including phenoxy) is 1. The quantitative estimate of drug-likeness (QED) is 0.869. The predicted octanol–water partition coefficient (Wildman–Crippen LogP) is 2.30. The Balaban J connectivity index is 1.82. The van der Waals surface area contributed by atoms with E-state index in [4.69, 9.17) is 9.72 Å². The van der Waals surface area contributed by atoms with Gasteiger partial charge in [0.1, 0.15) is 0 Å². The van der Waals surface area contributed by atoms with E-state index in [9.17, 15) is 14.7 Å². The van der Waals surface area contributed by atoms with Crippen LogP contribution in [0.25, 0.3) is 11.0 Å². The zero-order chi connectivity index (χ0) is 20.2. The van der Waals surface area contributed by atoms with Crippen molar-refractivity contribution >= 4 is 22.9 Å². The highest BCUT2D eigenvalue weighted by Gasteiger charge is 2.34. The van der Waals surface area contributed by atoms with Crippen molar-refractivity contribution in [1.82, 2.24) is 19.7 Å². The molecule has 1 atom stereocenters. The second kappa shape index (κ2) is 6.55. The number of hydrogen-bond acceptors (Lipinski definition) is 5. The van der Waals surface area contributed by atoms with Crippen LogP contribution in [0.2, 0.25) is 0 Å². The molecule has 8 heteroatoms. The molecule has 1 aliphatic heterocycles. The molecule has 28 heavy (non-hydrogen) atoms. The molecule has 2 aromatic rings. The topological polar surface area (TPSA) is 97.5 Å². The number of amides is 1. The molecule has 0 radical (unpaired) electrons. The molecule has 4 rings (SSSR count). The third-order valence-electron chi connectivity index (χ3n) is 5.32. The van der Waals surface area contributed by atoms with Crippen LogP contribution >= 0.6 is 0 Å². The molecule has 8 nitrogen and oxygen atoms in total. The van der Waals surface area contributed by atoms with E-state index >= 15 is 0 Å². The van der Waals surface area contributed by atoms with Crippen molar-refractivity contribution in [2.45, 2.75) is 58.1 Å². The molecule has 3 heterocycles. The van der Waals surface area contributed by atoms with Crippen LogP contribution in [0.5, 0.6) is 0 Å². The third kappa shape index (κ3) is 3.26. The van der Waals surface area contributed by atoms with E-state index in [-0.39, 0.29) is 24.6 Å². The van der Waals surface area contributed by atoms with Gasteiger partial charge in [-0.05, 0) is 46.6 Å². The molecule has 150 valence electrons. The van der Waals surface area contributed by atoms with E-state index in [0.717, 1.165) is 35.3 Å². The lowest BCUT2D eigenvalue weighted by molar-refractivity contribution is -0.154. The van der Waals surface area contributed by atoms with Crippen LogP contribution in [0.4, 0.5) is 0 Å². The Bertz CT molecular complexity index is 955. The maximum atomic E-state index is 13.4. The average Bonchev–Trinajstić information content (AvgIpc) is 3.43. The van der Waals surface area contributed by atoms with Crippen LogP contribution in [0.15, 0.2) is 6.07 Å². The van der Waals surface area contributed by atoms with Crippen molar-refractivity contribution in [3.05, 3.63) is 23.0 Å². The van der Waals surface area contributed by atoms with Gasteiger partial charge in [0.2, 0.25) is 0 Å². The summed E-state index contributed by atoms with van der Waals surface area (Å²) in [7, 11) is 0. The summed E-state index contributed by atoms with van der Waals surface area (Å²) in [5.41, 5.74) is 2.69. The number of rotatable bonds is 3. The van der Waals surface area contributed by atoms with Crippen LogP contribution in [-0.2, 0) is 15.1 Å². The van der Waals surface area contributed by atoms with Gasteiger partial charge in [-0.2, -0.15) is 5.10 Å². The first kappa shape index (κ1) is 18.9. The first-order valence-corrected chi connectivity index (χ1v) is 9.71. The van der Waals surface area contributed by atoms with E-state index in [1.165, 1.54) is 0 Å². The molecular formula is C20H26N4O4. The van der Waals surface area contributed by atoms with E-state index < -0.39 is 12.1 Å². The van der Waals surface area contributed by atoms with E-state index in [1.807, 2.05) is 17.7 Å². The Morgan fingerprint density at radius 2 is 2.00 bits per heavy atom. The Morgan fingerprint density at radius 3 is 2.61 bits per heavy atom. The maximum absolute atomic E-state index is 13.4. The number of fused-ring (bicyclic) bond motifs is 1. The lowest BCUT2D eigenvalue weighted by Gasteiger charge is -2.31. The van der Waals surface area contributed by atoms with Crippen LogP contribution in [0, 0.1) is 6.92 Å². The number of aliphatic carboxylic acids is 1. The number of carbonyl (C=O) groups is 2. The molecule has 1 aliphatic carbocycles. The van der Waals surface area contributed by atoms with Gasteiger partial charge < -0.3 is 14.7 Å². The molecule has 1 amide bonds. The zero-order valence-electron chi connectivity index (χ0n) is 16.7. The summed E-state index contributed by atoms with van der Waals surface area (Å²) in [6.45, 7) is 8.70. The van der Waals surface area contributed by atoms with Crippen molar-refractivity contribution < 1.29 is 19.4 Å². The van der Waals surface area contributed by atoms with Crippen molar-refractivity contribution in [2.24, 2.45) is 0 Å². The number of nitrogens with zero attached hydrogens (tertiary/aromatic N) is 4. The van der Waals surface area contributed by atoms with Gasteiger partial charge in [0.15, 0.2) is 11.8 Å². The zero-order valence-corrected chi connectivity index (χ0v) is 16.7. The summed E-state index contributed by atoms with van der Waals surface area (Å²) < 4.78 is 7.15. The van der Waals surface area contributed by atoms with Gasteiger partial charge in [-0.25, -0.2) is 14.5 Å². The van der Waals surface area contributed by atoms with E-state index in [2.05, 4.69) is 25.9 Å². The van der Waals surface area contributed by atoms with E-state index in [0.29, 0.717) is 18.0 Å². The summed E-state index contributed by atoms with van der Waals surface area (Å²) >= 11 is 0. The van der Waals surface area contributed by atoms with Crippen LogP contribution in [-0.4, -0.2) is 62.4 Å². The molecule has 1 saturated heterocycles. The summed E-state index contributed by atoms with van der Waals surface area (Å²) in [6.07, 6.45) is 1.16. The molecule has 2 aromatic heterocycles. The highest BCUT2D eigenvalue weighted by molar-refractivity contribution is 6.06. The van der Waals surface area contributed by atoms with Crippen LogP contribution < -0.4 is 0 Å². The van der Waals surface area contributed by atoms with Crippen molar-refractivity contribution in [1.29, 1.82) is 0 Å². The fourth-order valence-corrected chi connectivity index (χ4v) is 3.69. The van der Waals surface area contributed by atoms with Crippen molar-refractivity contribution in [3.63, 3.8) is 0 Å². The molecule has 0 aromatic carbocycles. The fraction of sp³-hybridized carbons (Fsp3) is 0.600. The number of aryl methyl sites for hydroxylation is 1. The number of carbonyl (C=O) groups excluding carboxylic acids is 1. The molecule has 0 bridgehead atoms. The Morgan fingerprint density at radius 1 is 1.29 bits per heavy atom. The SMILES string of the molecule is Cc1nn(C(C)(C)C)c2nc(C3CC3)cc(C(=O)N3CCOC(C(=O)O)C3)c12. The highest BCUT2D eigenvalue weighted by atomic mass is 16.5. The Labute approximate surface area is 163 Å². The molecule has 1 unspecified atom stereocenters. The Hall–Kier alpha value is -2.48. The summed E-state index contributed by atoms with van der Waals surface area (Å²) in [5.74, 6) is -0.843. The minimum Gasteiger partial charge on any atom is -0.479 e. The van der Waals surface area contributed by atoms with Crippen LogP contribution in [0.1, 0.15) is 61.3 Å². The van der Waals surface area contributed by atoms with Gasteiger partial charge in [0.25, 0.3) is 5.91 Å². The van der Waals surface area contributed by atoms with Crippen LogP contribution in [0.3, 0.4) is 0 Å². The molecule has 2 aliphatic rings. The minimum atomic E-state index is -1.05. The normalized spacial score (nSPS) is 20.6. The lowest BCUT2D eigenvalue weighted by atomic mass is 10.0. The number of morpholine rings is 1. The predicted molar refractivity (Wildman–Crippen MR) is 103 cm³/mol. The van der Waals surface area contributed by atoms with Gasteiger partial charge in [0.05, 0.1) is 35.3 Å². The average molecular weight is 386 g/mol. The largest absolute Gasteiger partial charge is 0.479 e. The highest BCUT2D eigenvalue weighted by Crippen LogP contribution is 2.41. The molecule has 0 spiro atoms. The first-order chi connectivity index (χ1) is 13.2. The molecule has 1 N–H and O–H groups in total. The van der Waals surface area contributed by atoms with Gasteiger partial charge >= 0.3 is 5.97 Å². The monoisotopic (exact) mass is 386 g/mol. The summed E-state index contributed by atoms with van der Waals surface area (Å²) in [4.78, 5) is 31.1. The number of hydrogen-bond donors (Lipinski definition) is 1.